The number of H-pyrrole nitrogens is 1. The minimum atomic E-state index is 0.0673. The van der Waals surface area contributed by atoms with Gasteiger partial charge in [0, 0.05) is 48.3 Å². The first-order valence-electron chi connectivity index (χ1n) is 10.5. The van der Waals surface area contributed by atoms with Crippen molar-refractivity contribution >= 4 is 44.7 Å². The van der Waals surface area contributed by atoms with Crippen LogP contribution in [0.2, 0.25) is 0 Å². The smallest absolute Gasteiger partial charge is 0.253 e. The summed E-state index contributed by atoms with van der Waals surface area (Å²) in [7, 11) is 0. The lowest BCUT2D eigenvalue weighted by Crippen LogP contribution is -2.48. The van der Waals surface area contributed by atoms with Crippen LogP contribution in [0.15, 0.2) is 72.8 Å². The van der Waals surface area contributed by atoms with Gasteiger partial charge in [-0.05, 0) is 42.5 Å². The molecule has 0 spiro atoms. The second-order valence-corrected chi connectivity index (χ2v) is 7.91. The van der Waals surface area contributed by atoms with Crippen LogP contribution < -0.4 is 4.90 Å². The highest BCUT2D eigenvalue weighted by Gasteiger charge is 2.23. The van der Waals surface area contributed by atoms with Gasteiger partial charge in [-0.3, -0.25) is 4.79 Å². The summed E-state index contributed by atoms with van der Waals surface area (Å²) in [6.45, 7) is 3.10. The van der Waals surface area contributed by atoms with Crippen molar-refractivity contribution in [3.05, 3.63) is 78.4 Å². The number of carbonyl (C=O) groups is 1. The predicted octanol–water partition coefficient (Wildman–Crippen LogP) is 4.23. The third-order valence-corrected chi connectivity index (χ3v) is 6.03. The van der Waals surface area contributed by atoms with Crippen molar-refractivity contribution in [1.82, 2.24) is 19.9 Å². The summed E-state index contributed by atoms with van der Waals surface area (Å²) in [5.41, 5.74) is 6.10. The Balaban J connectivity index is 1.29. The molecule has 6 rings (SSSR count). The highest BCUT2D eigenvalue weighted by Crippen LogP contribution is 2.26. The Morgan fingerprint density at radius 2 is 1.52 bits per heavy atom. The molecule has 1 amide bonds. The number of fused-ring (bicyclic) bond motifs is 4. The van der Waals surface area contributed by atoms with Gasteiger partial charge >= 0.3 is 0 Å². The van der Waals surface area contributed by atoms with Crippen LogP contribution in [0.4, 0.5) is 5.69 Å². The molecular weight excluding hydrogens is 386 g/mol. The van der Waals surface area contributed by atoms with Crippen molar-refractivity contribution in [2.24, 2.45) is 0 Å². The zero-order valence-corrected chi connectivity index (χ0v) is 17.0. The van der Waals surface area contributed by atoms with Gasteiger partial charge in [0.2, 0.25) is 0 Å². The van der Waals surface area contributed by atoms with Gasteiger partial charge < -0.3 is 14.8 Å². The van der Waals surface area contributed by atoms with Crippen LogP contribution in [0.25, 0.3) is 33.1 Å². The van der Waals surface area contributed by atoms with Gasteiger partial charge in [0.05, 0.1) is 11.0 Å². The molecule has 0 aliphatic carbocycles. The van der Waals surface area contributed by atoms with Crippen LogP contribution in [0.1, 0.15) is 10.4 Å². The van der Waals surface area contributed by atoms with E-state index in [0.29, 0.717) is 18.7 Å². The van der Waals surface area contributed by atoms with Gasteiger partial charge in [-0.15, -0.1) is 0 Å². The number of nitrogens with one attached hydrogen (secondary N) is 1. The molecule has 0 bridgehead atoms. The lowest BCUT2D eigenvalue weighted by Gasteiger charge is -2.36. The number of hydrogen-bond donors (Lipinski definition) is 1. The van der Waals surface area contributed by atoms with Crippen molar-refractivity contribution in [2.45, 2.75) is 0 Å². The molecule has 152 valence electrons. The van der Waals surface area contributed by atoms with E-state index in [1.165, 1.54) is 5.69 Å². The maximum absolute atomic E-state index is 13.2. The average molecular weight is 407 g/mol. The zero-order valence-electron chi connectivity index (χ0n) is 17.0. The predicted molar refractivity (Wildman–Crippen MR) is 123 cm³/mol. The number of para-hydroxylation sites is 3. The summed E-state index contributed by atoms with van der Waals surface area (Å²) in [6.07, 6.45) is 0. The number of hydrogen-bond acceptors (Lipinski definition) is 4. The van der Waals surface area contributed by atoms with Gasteiger partial charge in [0.15, 0.2) is 5.65 Å². The van der Waals surface area contributed by atoms with Gasteiger partial charge in [-0.25, -0.2) is 9.97 Å². The van der Waals surface area contributed by atoms with Gasteiger partial charge in [0.25, 0.3) is 5.91 Å². The fraction of sp³-hybridized carbons (Fsp3) is 0.160. The van der Waals surface area contributed by atoms with Crippen LogP contribution in [0, 0.1) is 0 Å². The van der Waals surface area contributed by atoms with Crippen molar-refractivity contribution in [3.63, 3.8) is 0 Å². The quantitative estimate of drug-likeness (QED) is 0.476. The fourth-order valence-electron chi connectivity index (χ4n) is 4.37. The molecule has 0 saturated carbocycles. The van der Waals surface area contributed by atoms with Gasteiger partial charge in [-0.2, -0.15) is 0 Å². The first-order chi connectivity index (χ1) is 15.3. The van der Waals surface area contributed by atoms with Gasteiger partial charge in [0.1, 0.15) is 5.52 Å². The number of nitrogens with zero attached hydrogens (tertiary/aromatic N) is 4. The van der Waals surface area contributed by atoms with Gasteiger partial charge in [-0.1, -0.05) is 30.3 Å². The zero-order chi connectivity index (χ0) is 20.8. The summed E-state index contributed by atoms with van der Waals surface area (Å²) in [4.78, 5) is 30.3. The Labute approximate surface area is 179 Å². The molecule has 6 heteroatoms. The molecule has 0 radical (unpaired) electrons. The normalized spacial score (nSPS) is 14.6. The highest BCUT2D eigenvalue weighted by atomic mass is 16.2. The van der Waals surface area contributed by atoms with Crippen LogP contribution in [0.5, 0.6) is 0 Å². The van der Waals surface area contributed by atoms with Crippen LogP contribution in [-0.4, -0.2) is 51.9 Å². The monoisotopic (exact) mass is 407 g/mol. The Kier molecular flexibility index (Phi) is 4.09. The van der Waals surface area contributed by atoms with E-state index < -0.39 is 0 Å². The van der Waals surface area contributed by atoms with E-state index in [0.717, 1.165) is 46.2 Å². The third-order valence-electron chi connectivity index (χ3n) is 6.03. The molecule has 6 nitrogen and oxygen atoms in total. The molecule has 1 N–H and O–H groups in total. The first kappa shape index (κ1) is 17.9. The van der Waals surface area contributed by atoms with Crippen molar-refractivity contribution in [2.75, 3.05) is 31.1 Å². The highest BCUT2D eigenvalue weighted by molar-refractivity contribution is 6.08. The average Bonchev–Trinajstić information content (AvgIpc) is 3.19. The number of carbonyl (C=O) groups excluding carboxylic acids is 1. The number of piperazine rings is 1. The van der Waals surface area contributed by atoms with Crippen molar-refractivity contribution in [1.29, 1.82) is 0 Å². The van der Waals surface area contributed by atoms with Crippen molar-refractivity contribution < 1.29 is 4.79 Å². The molecule has 1 saturated heterocycles. The Morgan fingerprint density at radius 1 is 0.806 bits per heavy atom. The number of anilines is 1. The number of rotatable bonds is 2. The molecule has 0 atom stereocenters. The first-order valence-corrected chi connectivity index (χ1v) is 10.5. The topological polar surface area (TPSA) is 65.1 Å². The number of amides is 1. The van der Waals surface area contributed by atoms with E-state index in [4.69, 9.17) is 9.97 Å². The molecule has 3 heterocycles. The number of aromatic amines is 1. The van der Waals surface area contributed by atoms with Crippen LogP contribution >= 0.6 is 0 Å². The lowest BCUT2D eigenvalue weighted by atomic mass is 10.1. The molecule has 1 fully saturated rings. The molecule has 1 aliphatic heterocycles. The second-order valence-electron chi connectivity index (χ2n) is 7.91. The SMILES string of the molecule is O=C(c1ccc2[nH]c3nc4ccccc4nc3c2c1)N1CCN(c2ccccc2)CC1. The summed E-state index contributed by atoms with van der Waals surface area (Å²) in [5.74, 6) is 0.0673. The van der Waals surface area contributed by atoms with Crippen LogP contribution in [-0.2, 0) is 0 Å². The van der Waals surface area contributed by atoms with E-state index in [1.807, 2.05) is 53.4 Å². The van der Waals surface area contributed by atoms with E-state index in [9.17, 15) is 4.79 Å². The second kappa shape index (κ2) is 7.09. The maximum Gasteiger partial charge on any atom is 0.253 e. The standard InChI is InChI=1S/C25H21N5O/c31-25(30-14-12-29(13-15-30)18-6-2-1-3-7-18)17-10-11-20-19(16-17)23-24(27-20)28-22-9-5-4-8-21(22)26-23/h1-11,16H,12-15H2,(H,27,28). The molecule has 2 aromatic heterocycles. The van der Waals surface area contributed by atoms with E-state index >= 15 is 0 Å². The maximum atomic E-state index is 13.2. The molecule has 0 unspecified atom stereocenters. The molecular formula is C25H21N5O. The Bertz CT molecular complexity index is 1420. The minimum Gasteiger partial charge on any atom is -0.368 e. The summed E-state index contributed by atoms with van der Waals surface area (Å²) >= 11 is 0. The lowest BCUT2D eigenvalue weighted by molar-refractivity contribution is 0.0747. The summed E-state index contributed by atoms with van der Waals surface area (Å²) < 4.78 is 0. The van der Waals surface area contributed by atoms with Crippen molar-refractivity contribution in [3.8, 4) is 0 Å². The molecule has 1 aliphatic rings. The number of aromatic nitrogens is 3. The van der Waals surface area contributed by atoms with E-state index in [1.54, 1.807) is 0 Å². The molecule has 31 heavy (non-hydrogen) atoms. The third kappa shape index (κ3) is 3.08. The summed E-state index contributed by atoms with van der Waals surface area (Å²) in [5, 5.41) is 0.932. The van der Waals surface area contributed by atoms with E-state index in [2.05, 4.69) is 34.1 Å². The Hall–Kier alpha value is -3.93. The Morgan fingerprint density at radius 3 is 2.29 bits per heavy atom. The van der Waals surface area contributed by atoms with Crippen LogP contribution in [0.3, 0.4) is 0 Å². The largest absolute Gasteiger partial charge is 0.368 e. The number of benzene rings is 3. The van der Waals surface area contributed by atoms with E-state index in [-0.39, 0.29) is 5.91 Å². The minimum absolute atomic E-state index is 0.0673. The summed E-state index contributed by atoms with van der Waals surface area (Å²) in [6, 6.07) is 24.0. The molecule has 5 aromatic rings. The molecule has 3 aromatic carbocycles. The fourth-order valence-corrected chi connectivity index (χ4v) is 4.37.